The molecule has 3 unspecified atom stereocenters. The van der Waals surface area contributed by atoms with Gasteiger partial charge in [0.15, 0.2) is 0 Å². The first-order valence-corrected chi connectivity index (χ1v) is 7.93. The van der Waals surface area contributed by atoms with Crippen molar-refractivity contribution in [2.45, 2.75) is 31.7 Å². The van der Waals surface area contributed by atoms with Gasteiger partial charge in [-0.3, -0.25) is 0 Å². The fourth-order valence-corrected chi connectivity index (χ4v) is 3.76. The van der Waals surface area contributed by atoms with Crippen LogP contribution >= 0.6 is 0 Å². The molecule has 0 spiro atoms. The highest BCUT2D eigenvalue weighted by atomic mass is 16.5. The quantitative estimate of drug-likeness (QED) is 0.913. The van der Waals surface area contributed by atoms with Gasteiger partial charge in [-0.25, -0.2) is 0 Å². The normalized spacial score (nSPS) is 30.0. The van der Waals surface area contributed by atoms with E-state index in [-0.39, 0.29) is 0 Å². The predicted molar refractivity (Wildman–Crippen MR) is 82.4 cm³/mol. The fourth-order valence-electron chi connectivity index (χ4n) is 3.76. The standard InChI is InChI=1S/C17H26N2O/c1-3-13-10-19(9-8-16(13)18-2)11-14-12-20-17-7-5-4-6-15(14)17/h4-7,13-14,16,18H,3,8-12H2,1-2H3. The van der Waals surface area contributed by atoms with Crippen molar-refractivity contribution in [1.29, 1.82) is 0 Å². The molecule has 0 saturated carbocycles. The number of benzene rings is 1. The number of nitrogens with one attached hydrogen (secondary N) is 1. The number of likely N-dealkylation sites (tertiary alicyclic amines) is 1. The van der Waals surface area contributed by atoms with Gasteiger partial charge in [-0.1, -0.05) is 31.5 Å². The summed E-state index contributed by atoms with van der Waals surface area (Å²) in [6.45, 7) is 6.74. The highest BCUT2D eigenvalue weighted by molar-refractivity contribution is 5.39. The second kappa shape index (κ2) is 6.15. The molecule has 0 aliphatic carbocycles. The van der Waals surface area contributed by atoms with Gasteiger partial charge >= 0.3 is 0 Å². The first kappa shape index (κ1) is 13.9. The molecule has 110 valence electrons. The van der Waals surface area contributed by atoms with E-state index in [0.29, 0.717) is 12.0 Å². The number of nitrogens with zero attached hydrogens (tertiary/aromatic N) is 1. The average molecular weight is 274 g/mol. The molecule has 1 fully saturated rings. The van der Waals surface area contributed by atoms with Crippen molar-refractivity contribution < 1.29 is 4.74 Å². The molecular weight excluding hydrogens is 248 g/mol. The summed E-state index contributed by atoms with van der Waals surface area (Å²) in [5, 5.41) is 3.48. The Hall–Kier alpha value is -1.06. The third kappa shape index (κ3) is 2.70. The summed E-state index contributed by atoms with van der Waals surface area (Å²) >= 11 is 0. The van der Waals surface area contributed by atoms with E-state index in [1.54, 1.807) is 0 Å². The largest absolute Gasteiger partial charge is 0.493 e. The molecule has 3 rings (SSSR count). The minimum absolute atomic E-state index is 0.551. The van der Waals surface area contributed by atoms with Crippen molar-refractivity contribution in [3.05, 3.63) is 29.8 Å². The molecule has 0 aromatic heterocycles. The SMILES string of the molecule is CCC1CN(CC2COc3ccccc32)CCC1NC. The maximum atomic E-state index is 5.81. The summed E-state index contributed by atoms with van der Waals surface area (Å²) in [6.07, 6.45) is 2.53. The van der Waals surface area contributed by atoms with Crippen molar-refractivity contribution in [1.82, 2.24) is 10.2 Å². The smallest absolute Gasteiger partial charge is 0.122 e. The van der Waals surface area contributed by atoms with Crippen LogP contribution in [0.1, 0.15) is 31.2 Å². The van der Waals surface area contributed by atoms with Crippen LogP contribution in [0.2, 0.25) is 0 Å². The number of hydrogen-bond donors (Lipinski definition) is 1. The fraction of sp³-hybridized carbons (Fsp3) is 0.647. The van der Waals surface area contributed by atoms with Gasteiger partial charge in [0.05, 0.1) is 6.61 Å². The van der Waals surface area contributed by atoms with Crippen LogP contribution in [0.3, 0.4) is 0 Å². The molecule has 0 amide bonds. The first-order chi connectivity index (χ1) is 9.81. The van der Waals surface area contributed by atoms with Crippen LogP contribution in [-0.4, -0.2) is 44.2 Å². The molecule has 2 heterocycles. The van der Waals surface area contributed by atoms with Crippen LogP contribution < -0.4 is 10.1 Å². The molecule has 1 aromatic rings. The van der Waals surface area contributed by atoms with E-state index in [0.717, 1.165) is 24.8 Å². The minimum atomic E-state index is 0.551. The van der Waals surface area contributed by atoms with Crippen molar-refractivity contribution >= 4 is 0 Å². The van der Waals surface area contributed by atoms with E-state index in [9.17, 15) is 0 Å². The van der Waals surface area contributed by atoms with E-state index in [2.05, 4.69) is 48.5 Å². The van der Waals surface area contributed by atoms with Crippen molar-refractivity contribution in [2.24, 2.45) is 5.92 Å². The van der Waals surface area contributed by atoms with Crippen molar-refractivity contribution in [3.63, 3.8) is 0 Å². The molecule has 3 heteroatoms. The van der Waals surface area contributed by atoms with Crippen LogP contribution in [0.5, 0.6) is 5.75 Å². The van der Waals surface area contributed by atoms with Gasteiger partial charge < -0.3 is 15.0 Å². The zero-order chi connectivity index (χ0) is 13.9. The third-order valence-corrected chi connectivity index (χ3v) is 4.99. The number of fused-ring (bicyclic) bond motifs is 1. The Bertz CT molecular complexity index is 448. The van der Waals surface area contributed by atoms with Crippen LogP contribution in [0.4, 0.5) is 0 Å². The Morgan fingerprint density at radius 1 is 1.35 bits per heavy atom. The molecule has 3 nitrogen and oxygen atoms in total. The van der Waals surface area contributed by atoms with Gasteiger partial charge in [-0.2, -0.15) is 0 Å². The Morgan fingerprint density at radius 3 is 3.00 bits per heavy atom. The van der Waals surface area contributed by atoms with E-state index in [1.807, 2.05) is 0 Å². The average Bonchev–Trinajstić information content (AvgIpc) is 2.90. The van der Waals surface area contributed by atoms with Crippen molar-refractivity contribution in [2.75, 3.05) is 33.3 Å². The molecular formula is C17H26N2O. The lowest BCUT2D eigenvalue weighted by Crippen LogP contribution is -2.49. The lowest BCUT2D eigenvalue weighted by atomic mass is 9.89. The second-order valence-corrected chi connectivity index (χ2v) is 6.16. The summed E-state index contributed by atoms with van der Waals surface area (Å²) in [6, 6.07) is 9.21. The van der Waals surface area contributed by atoms with Gasteiger partial charge in [-0.05, 0) is 32.0 Å². The molecule has 1 saturated heterocycles. The molecule has 2 aliphatic heterocycles. The Balaban J connectivity index is 1.62. The Labute approximate surface area is 122 Å². The maximum absolute atomic E-state index is 5.81. The van der Waals surface area contributed by atoms with Crippen LogP contribution in [0.25, 0.3) is 0 Å². The molecule has 20 heavy (non-hydrogen) atoms. The lowest BCUT2D eigenvalue weighted by molar-refractivity contribution is 0.127. The first-order valence-electron chi connectivity index (χ1n) is 7.93. The third-order valence-electron chi connectivity index (χ3n) is 4.99. The minimum Gasteiger partial charge on any atom is -0.493 e. The number of piperidine rings is 1. The van der Waals surface area contributed by atoms with E-state index < -0.39 is 0 Å². The molecule has 0 bridgehead atoms. The topological polar surface area (TPSA) is 24.5 Å². The number of ether oxygens (including phenoxy) is 1. The van der Waals surface area contributed by atoms with Crippen molar-refractivity contribution in [3.8, 4) is 5.75 Å². The van der Waals surface area contributed by atoms with Crippen LogP contribution in [0.15, 0.2) is 24.3 Å². The van der Waals surface area contributed by atoms with E-state index in [4.69, 9.17) is 4.74 Å². The summed E-state index contributed by atoms with van der Waals surface area (Å²) in [7, 11) is 2.10. The highest BCUT2D eigenvalue weighted by Crippen LogP contribution is 2.34. The molecule has 2 aliphatic rings. The zero-order valence-electron chi connectivity index (χ0n) is 12.6. The summed E-state index contributed by atoms with van der Waals surface area (Å²) < 4.78 is 5.81. The Kier molecular flexibility index (Phi) is 4.27. The molecule has 1 aromatic carbocycles. The summed E-state index contributed by atoms with van der Waals surface area (Å²) in [5.74, 6) is 2.43. The van der Waals surface area contributed by atoms with Gasteiger partial charge in [0.25, 0.3) is 0 Å². The van der Waals surface area contributed by atoms with Crippen LogP contribution in [0, 0.1) is 5.92 Å². The predicted octanol–water partition coefficient (Wildman–Crippen LogP) is 2.48. The highest BCUT2D eigenvalue weighted by Gasteiger charge is 2.31. The number of rotatable bonds is 4. The van der Waals surface area contributed by atoms with Gasteiger partial charge in [0.2, 0.25) is 0 Å². The molecule has 3 atom stereocenters. The van der Waals surface area contributed by atoms with Gasteiger partial charge in [0, 0.05) is 30.6 Å². The lowest BCUT2D eigenvalue weighted by Gasteiger charge is -2.39. The second-order valence-electron chi connectivity index (χ2n) is 6.16. The molecule has 1 N–H and O–H groups in total. The van der Waals surface area contributed by atoms with Crippen LogP contribution in [-0.2, 0) is 0 Å². The van der Waals surface area contributed by atoms with E-state index >= 15 is 0 Å². The summed E-state index contributed by atoms with van der Waals surface area (Å²) in [4.78, 5) is 2.64. The van der Waals surface area contributed by atoms with Gasteiger partial charge in [0.1, 0.15) is 5.75 Å². The molecule has 0 radical (unpaired) electrons. The Morgan fingerprint density at radius 2 is 2.20 bits per heavy atom. The summed E-state index contributed by atoms with van der Waals surface area (Å²) in [5.41, 5.74) is 1.40. The van der Waals surface area contributed by atoms with Gasteiger partial charge in [-0.15, -0.1) is 0 Å². The number of para-hydroxylation sites is 1. The maximum Gasteiger partial charge on any atom is 0.122 e. The zero-order valence-corrected chi connectivity index (χ0v) is 12.6. The monoisotopic (exact) mass is 274 g/mol. The van der Waals surface area contributed by atoms with E-state index in [1.165, 1.54) is 31.5 Å². The number of hydrogen-bond acceptors (Lipinski definition) is 3.